The molecule has 0 saturated carbocycles. The zero-order chi connectivity index (χ0) is 14.8. The molecule has 3 N–H and O–H groups in total. The summed E-state index contributed by atoms with van der Waals surface area (Å²) >= 11 is 0. The van der Waals surface area contributed by atoms with Crippen molar-refractivity contribution in [3.8, 4) is 5.75 Å². The number of halogens is 1. The first-order valence-electron chi connectivity index (χ1n) is 6.50. The predicted octanol–water partition coefficient (Wildman–Crippen LogP) is 3.13. The van der Waals surface area contributed by atoms with Gasteiger partial charge in [0, 0.05) is 22.6 Å². The van der Waals surface area contributed by atoms with Gasteiger partial charge in [0.25, 0.3) is 0 Å². The Labute approximate surface area is 121 Å². The van der Waals surface area contributed by atoms with E-state index in [2.05, 4.69) is 5.43 Å². The van der Waals surface area contributed by atoms with Gasteiger partial charge in [-0.3, -0.25) is 5.84 Å². The fourth-order valence-electron chi connectivity index (χ4n) is 2.44. The summed E-state index contributed by atoms with van der Waals surface area (Å²) in [5, 5.41) is 0.899. The number of methoxy groups -OCH3 is 1. The van der Waals surface area contributed by atoms with Crippen molar-refractivity contribution in [3.05, 3.63) is 65.7 Å². The van der Waals surface area contributed by atoms with Crippen molar-refractivity contribution in [2.45, 2.75) is 6.04 Å². The number of nitrogens with two attached hydrogens (primary N) is 1. The van der Waals surface area contributed by atoms with E-state index in [9.17, 15) is 4.39 Å². The Bertz CT molecular complexity index is 770. The highest BCUT2D eigenvalue weighted by Gasteiger charge is 2.21. The predicted molar refractivity (Wildman–Crippen MR) is 78.3 cm³/mol. The van der Waals surface area contributed by atoms with Crippen LogP contribution < -0.4 is 16.0 Å². The Kier molecular flexibility index (Phi) is 3.60. The number of nitrogens with one attached hydrogen (secondary N) is 1. The third kappa shape index (κ3) is 2.37. The molecule has 21 heavy (non-hydrogen) atoms. The van der Waals surface area contributed by atoms with Crippen LogP contribution in [-0.2, 0) is 0 Å². The zero-order valence-electron chi connectivity index (χ0n) is 11.5. The second-order valence-electron chi connectivity index (χ2n) is 4.67. The Hall–Kier alpha value is -2.37. The summed E-state index contributed by atoms with van der Waals surface area (Å²) in [4.78, 5) is 0. The molecule has 2 aromatic carbocycles. The van der Waals surface area contributed by atoms with Gasteiger partial charge in [-0.05, 0) is 12.1 Å². The highest BCUT2D eigenvalue weighted by atomic mass is 19.1. The van der Waals surface area contributed by atoms with E-state index in [1.165, 1.54) is 13.2 Å². The minimum atomic E-state index is -0.500. The van der Waals surface area contributed by atoms with Crippen LogP contribution in [0.1, 0.15) is 17.2 Å². The van der Waals surface area contributed by atoms with E-state index in [0.717, 1.165) is 16.5 Å². The van der Waals surface area contributed by atoms with Gasteiger partial charge in [-0.15, -0.1) is 0 Å². The molecular formula is C16H15FN2O2. The van der Waals surface area contributed by atoms with Crippen molar-refractivity contribution in [3.63, 3.8) is 0 Å². The maximum atomic E-state index is 14.3. The third-order valence-electron chi connectivity index (χ3n) is 3.51. The third-order valence-corrected chi connectivity index (χ3v) is 3.51. The number of benzene rings is 2. The van der Waals surface area contributed by atoms with Gasteiger partial charge in [-0.2, -0.15) is 0 Å². The van der Waals surface area contributed by atoms with E-state index in [1.54, 1.807) is 18.4 Å². The molecule has 4 nitrogen and oxygen atoms in total. The normalized spacial score (nSPS) is 12.5. The monoisotopic (exact) mass is 286 g/mol. The number of hydrogen-bond donors (Lipinski definition) is 2. The molecule has 0 aliphatic rings. The van der Waals surface area contributed by atoms with Gasteiger partial charge in [0.1, 0.15) is 17.1 Å². The quantitative estimate of drug-likeness (QED) is 0.571. The maximum absolute atomic E-state index is 14.3. The first-order valence-corrected chi connectivity index (χ1v) is 6.50. The molecule has 0 fully saturated rings. The van der Waals surface area contributed by atoms with Gasteiger partial charge in [-0.25, -0.2) is 9.82 Å². The number of para-hydroxylation sites is 1. The molecule has 5 heteroatoms. The number of ether oxygens (including phenoxy) is 1. The van der Waals surface area contributed by atoms with Crippen LogP contribution in [0.3, 0.4) is 0 Å². The second kappa shape index (κ2) is 5.55. The molecular weight excluding hydrogens is 271 g/mol. The Morgan fingerprint density at radius 1 is 1.19 bits per heavy atom. The Morgan fingerprint density at radius 3 is 2.71 bits per heavy atom. The fourth-order valence-corrected chi connectivity index (χ4v) is 2.44. The molecule has 1 atom stereocenters. The number of hydrogen-bond acceptors (Lipinski definition) is 4. The van der Waals surface area contributed by atoms with Crippen molar-refractivity contribution >= 4 is 11.0 Å². The van der Waals surface area contributed by atoms with Crippen molar-refractivity contribution in [2.75, 3.05) is 7.11 Å². The van der Waals surface area contributed by atoms with Crippen molar-refractivity contribution in [2.24, 2.45) is 5.84 Å². The van der Waals surface area contributed by atoms with Gasteiger partial charge in [0.05, 0.1) is 19.4 Å². The van der Waals surface area contributed by atoms with Crippen LogP contribution in [0.2, 0.25) is 0 Å². The smallest absolute Gasteiger partial charge is 0.134 e. The molecule has 0 aliphatic heterocycles. The van der Waals surface area contributed by atoms with Crippen molar-refractivity contribution < 1.29 is 13.5 Å². The van der Waals surface area contributed by atoms with Gasteiger partial charge >= 0.3 is 0 Å². The molecule has 1 heterocycles. The lowest BCUT2D eigenvalue weighted by Crippen LogP contribution is -2.29. The molecule has 0 amide bonds. The minimum absolute atomic E-state index is 0.386. The molecule has 0 saturated heterocycles. The lowest BCUT2D eigenvalue weighted by molar-refractivity contribution is 0.410. The Balaban J connectivity index is 2.10. The van der Waals surface area contributed by atoms with Crippen molar-refractivity contribution in [1.29, 1.82) is 0 Å². The molecule has 0 aliphatic carbocycles. The second-order valence-corrected chi connectivity index (χ2v) is 4.67. The highest BCUT2D eigenvalue weighted by Crippen LogP contribution is 2.32. The van der Waals surface area contributed by atoms with Crippen LogP contribution in [0.25, 0.3) is 11.0 Å². The van der Waals surface area contributed by atoms with Gasteiger partial charge in [0.2, 0.25) is 0 Å². The van der Waals surface area contributed by atoms with Crippen LogP contribution in [0, 0.1) is 5.82 Å². The van der Waals surface area contributed by atoms with Gasteiger partial charge in [0.15, 0.2) is 0 Å². The minimum Gasteiger partial charge on any atom is -0.497 e. The summed E-state index contributed by atoms with van der Waals surface area (Å²) < 4.78 is 24.8. The first kappa shape index (κ1) is 13.6. The highest BCUT2D eigenvalue weighted by molar-refractivity contribution is 5.81. The Morgan fingerprint density at radius 2 is 2.00 bits per heavy atom. The van der Waals surface area contributed by atoms with Crippen LogP contribution in [0.4, 0.5) is 4.39 Å². The topological polar surface area (TPSA) is 60.4 Å². The molecule has 3 rings (SSSR count). The molecule has 108 valence electrons. The standard InChI is InChI=1S/C16H15FN2O2/c1-20-10-6-7-12(14(17)8-10)16(19-18)13-9-21-15-5-3-2-4-11(13)15/h2-9,16,19H,18H2,1H3. The summed E-state index contributed by atoms with van der Waals surface area (Å²) in [6, 6.07) is 11.7. The summed E-state index contributed by atoms with van der Waals surface area (Å²) in [5.74, 6) is 5.71. The lowest BCUT2D eigenvalue weighted by atomic mass is 9.98. The summed E-state index contributed by atoms with van der Waals surface area (Å²) in [6.45, 7) is 0. The van der Waals surface area contributed by atoms with E-state index in [4.69, 9.17) is 15.0 Å². The van der Waals surface area contributed by atoms with Crippen LogP contribution in [0.15, 0.2) is 53.1 Å². The fraction of sp³-hybridized carbons (Fsp3) is 0.125. The number of furan rings is 1. The van der Waals surface area contributed by atoms with E-state index >= 15 is 0 Å². The van der Waals surface area contributed by atoms with Crippen molar-refractivity contribution in [1.82, 2.24) is 5.43 Å². The lowest BCUT2D eigenvalue weighted by Gasteiger charge is -2.16. The van der Waals surface area contributed by atoms with Crippen LogP contribution >= 0.6 is 0 Å². The average molecular weight is 286 g/mol. The summed E-state index contributed by atoms with van der Waals surface area (Å²) in [5.41, 5.74) is 4.61. The first-order chi connectivity index (χ1) is 10.2. The maximum Gasteiger partial charge on any atom is 0.134 e. The number of hydrazine groups is 1. The molecule has 1 aromatic heterocycles. The number of fused-ring (bicyclic) bond motifs is 1. The molecule has 1 unspecified atom stereocenters. The van der Waals surface area contributed by atoms with Crippen LogP contribution in [-0.4, -0.2) is 7.11 Å². The molecule has 0 spiro atoms. The summed E-state index contributed by atoms with van der Waals surface area (Å²) in [7, 11) is 1.50. The van der Waals surface area contributed by atoms with Gasteiger partial charge < -0.3 is 9.15 Å². The molecule has 0 radical (unpaired) electrons. The van der Waals surface area contributed by atoms with E-state index in [0.29, 0.717) is 11.3 Å². The number of rotatable bonds is 4. The van der Waals surface area contributed by atoms with Gasteiger partial charge in [-0.1, -0.05) is 24.3 Å². The largest absolute Gasteiger partial charge is 0.497 e. The van der Waals surface area contributed by atoms with E-state index in [1.807, 2.05) is 24.3 Å². The average Bonchev–Trinajstić information content (AvgIpc) is 2.94. The summed E-state index contributed by atoms with van der Waals surface area (Å²) in [6.07, 6.45) is 1.60. The molecule has 0 bridgehead atoms. The molecule has 3 aromatic rings. The van der Waals surface area contributed by atoms with E-state index in [-0.39, 0.29) is 5.82 Å². The van der Waals surface area contributed by atoms with E-state index < -0.39 is 6.04 Å². The zero-order valence-corrected chi connectivity index (χ0v) is 11.5. The van der Waals surface area contributed by atoms with Crippen LogP contribution in [0.5, 0.6) is 5.75 Å². The SMILES string of the molecule is COc1ccc(C(NN)c2coc3ccccc23)c(F)c1.